The maximum absolute atomic E-state index is 12.2. The van der Waals surface area contributed by atoms with E-state index in [4.69, 9.17) is 0 Å². The Morgan fingerprint density at radius 2 is 2.18 bits per heavy atom. The number of aromatic nitrogens is 1. The second kappa shape index (κ2) is 5.96. The Morgan fingerprint density at radius 3 is 2.86 bits per heavy atom. The molecule has 22 heavy (non-hydrogen) atoms. The van der Waals surface area contributed by atoms with Crippen LogP contribution in [0.2, 0.25) is 0 Å². The molecule has 1 aromatic carbocycles. The highest BCUT2D eigenvalue weighted by molar-refractivity contribution is 7.91. The molecule has 1 aromatic heterocycles. The van der Waals surface area contributed by atoms with Crippen molar-refractivity contribution >= 4 is 37.3 Å². The van der Waals surface area contributed by atoms with Crippen LogP contribution < -0.4 is 0 Å². The Kier molecular flexibility index (Phi) is 4.18. The predicted octanol–water partition coefficient (Wildman–Crippen LogP) is 2.08. The number of hydrogen-bond acceptors (Lipinski definition) is 5. The highest BCUT2D eigenvalue weighted by Crippen LogP contribution is 2.24. The van der Waals surface area contributed by atoms with Crippen molar-refractivity contribution in [2.45, 2.75) is 19.4 Å². The Labute approximate surface area is 133 Å². The van der Waals surface area contributed by atoms with Crippen molar-refractivity contribution in [3.63, 3.8) is 0 Å². The molecule has 0 N–H and O–H groups in total. The minimum atomic E-state index is -2.92. The number of fused-ring (bicyclic) bond motifs is 1. The number of carbonyl (C=O) groups excluding carboxylic acids is 1. The van der Waals surface area contributed by atoms with Crippen LogP contribution in [0.15, 0.2) is 24.3 Å². The van der Waals surface area contributed by atoms with Gasteiger partial charge in [-0.3, -0.25) is 4.79 Å². The number of nitrogens with zero attached hydrogens (tertiary/aromatic N) is 2. The Morgan fingerprint density at radius 1 is 1.41 bits per heavy atom. The summed E-state index contributed by atoms with van der Waals surface area (Å²) in [5.41, 5.74) is 0.949. The van der Waals surface area contributed by atoms with E-state index >= 15 is 0 Å². The van der Waals surface area contributed by atoms with Gasteiger partial charge in [-0.2, -0.15) is 0 Å². The molecule has 5 nitrogen and oxygen atoms in total. The summed E-state index contributed by atoms with van der Waals surface area (Å²) in [5, 5.41) is 0.899. The summed E-state index contributed by atoms with van der Waals surface area (Å²) < 4.78 is 24.0. The predicted molar refractivity (Wildman–Crippen MR) is 87.5 cm³/mol. The zero-order valence-electron chi connectivity index (χ0n) is 12.4. The zero-order valence-corrected chi connectivity index (χ0v) is 14.0. The number of sulfone groups is 1. The van der Waals surface area contributed by atoms with E-state index in [1.165, 1.54) is 0 Å². The minimum Gasteiger partial charge on any atom is -0.339 e. The summed E-state index contributed by atoms with van der Waals surface area (Å²) in [7, 11) is -1.18. The topological polar surface area (TPSA) is 67.3 Å². The Hall–Kier alpha value is -1.47. The molecule has 0 spiro atoms. The van der Waals surface area contributed by atoms with Gasteiger partial charge < -0.3 is 4.90 Å². The summed E-state index contributed by atoms with van der Waals surface area (Å²) in [6, 6.07) is 7.89. The van der Waals surface area contributed by atoms with Gasteiger partial charge in [0, 0.05) is 13.5 Å². The van der Waals surface area contributed by atoms with Crippen LogP contribution in [0, 0.1) is 5.92 Å². The smallest absolute Gasteiger partial charge is 0.223 e. The summed E-state index contributed by atoms with van der Waals surface area (Å²) in [6.45, 7) is 0.470. The lowest BCUT2D eigenvalue weighted by molar-refractivity contribution is -0.131. The van der Waals surface area contributed by atoms with Gasteiger partial charge in [-0.15, -0.1) is 11.3 Å². The third-order valence-corrected chi connectivity index (χ3v) is 6.78. The molecule has 1 atom stereocenters. The van der Waals surface area contributed by atoms with Gasteiger partial charge in [0.2, 0.25) is 5.91 Å². The van der Waals surface area contributed by atoms with Gasteiger partial charge in [0.1, 0.15) is 5.01 Å². The van der Waals surface area contributed by atoms with Crippen molar-refractivity contribution in [2.24, 2.45) is 5.92 Å². The van der Waals surface area contributed by atoms with Crippen LogP contribution in [-0.4, -0.2) is 42.8 Å². The molecule has 2 aromatic rings. The molecule has 0 bridgehead atoms. The Balaban J connectivity index is 1.61. The SMILES string of the molecule is CN(Cc1nc2ccccc2s1)C(=O)C[C@H]1CCS(=O)(=O)C1. The highest BCUT2D eigenvalue weighted by atomic mass is 32.2. The number of carbonyl (C=O) groups is 1. The summed E-state index contributed by atoms with van der Waals surface area (Å²) in [4.78, 5) is 18.4. The average molecular weight is 338 g/mol. The lowest BCUT2D eigenvalue weighted by Gasteiger charge is -2.17. The largest absolute Gasteiger partial charge is 0.339 e. The van der Waals surface area contributed by atoms with Crippen LogP contribution in [0.3, 0.4) is 0 Å². The fraction of sp³-hybridized carbons (Fsp3) is 0.467. The molecule has 1 aliphatic rings. The van der Waals surface area contributed by atoms with Crippen LogP contribution in [-0.2, 0) is 21.2 Å². The van der Waals surface area contributed by atoms with Gasteiger partial charge in [0.15, 0.2) is 9.84 Å². The van der Waals surface area contributed by atoms with Crippen LogP contribution in [0.1, 0.15) is 17.8 Å². The van der Waals surface area contributed by atoms with E-state index in [-0.39, 0.29) is 23.3 Å². The molecule has 1 aliphatic heterocycles. The number of benzene rings is 1. The lowest BCUT2D eigenvalue weighted by atomic mass is 10.0. The van der Waals surface area contributed by atoms with Crippen molar-refractivity contribution in [1.82, 2.24) is 9.88 Å². The van der Waals surface area contributed by atoms with Crippen LogP contribution in [0.5, 0.6) is 0 Å². The molecule has 3 rings (SSSR count). The van der Waals surface area contributed by atoms with Crippen molar-refractivity contribution in [2.75, 3.05) is 18.6 Å². The number of rotatable bonds is 4. The first-order valence-electron chi connectivity index (χ1n) is 7.22. The molecule has 118 valence electrons. The summed E-state index contributed by atoms with van der Waals surface area (Å²) in [6.07, 6.45) is 0.906. The molecule has 2 heterocycles. The van der Waals surface area contributed by atoms with Gasteiger partial charge in [0.05, 0.1) is 28.3 Å². The fourth-order valence-electron chi connectivity index (χ4n) is 2.71. The second-order valence-corrected chi connectivity index (χ2v) is 9.14. The Bertz CT molecular complexity index is 765. The molecular weight excluding hydrogens is 320 g/mol. The summed E-state index contributed by atoms with van der Waals surface area (Å²) >= 11 is 1.58. The third-order valence-electron chi connectivity index (χ3n) is 3.93. The highest BCUT2D eigenvalue weighted by Gasteiger charge is 2.30. The number of hydrogen-bond donors (Lipinski definition) is 0. The van der Waals surface area contributed by atoms with Gasteiger partial charge in [-0.05, 0) is 24.5 Å². The van der Waals surface area contributed by atoms with E-state index in [0.717, 1.165) is 15.2 Å². The van der Waals surface area contributed by atoms with Crippen molar-refractivity contribution in [3.05, 3.63) is 29.3 Å². The van der Waals surface area contributed by atoms with Crippen LogP contribution >= 0.6 is 11.3 Å². The first-order chi connectivity index (χ1) is 10.4. The van der Waals surface area contributed by atoms with E-state index in [0.29, 0.717) is 19.4 Å². The number of thiazole rings is 1. The molecule has 7 heteroatoms. The number of amides is 1. The molecule has 1 amide bonds. The van der Waals surface area contributed by atoms with Crippen molar-refractivity contribution < 1.29 is 13.2 Å². The maximum atomic E-state index is 12.2. The molecular formula is C15H18N2O3S2. The lowest BCUT2D eigenvalue weighted by Crippen LogP contribution is -2.28. The first kappa shape index (κ1) is 15.4. The quantitative estimate of drug-likeness (QED) is 0.856. The normalized spacial score (nSPS) is 20.3. The van der Waals surface area contributed by atoms with Gasteiger partial charge >= 0.3 is 0 Å². The molecule has 0 unspecified atom stereocenters. The van der Waals surface area contributed by atoms with Crippen LogP contribution in [0.25, 0.3) is 10.2 Å². The van der Waals surface area contributed by atoms with E-state index in [9.17, 15) is 13.2 Å². The molecule has 1 saturated heterocycles. The van der Waals surface area contributed by atoms with Gasteiger partial charge in [0.25, 0.3) is 0 Å². The monoisotopic (exact) mass is 338 g/mol. The van der Waals surface area contributed by atoms with E-state index in [1.54, 1.807) is 23.3 Å². The van der Waals surface area contributed by atoms with E-state index in [2.05, 4.69) is 4.98 Å². The standard InChI is InChI=1S/C15H18N2O3S2/c1-17(15(18)8-11-6-7-22(19,20)10-11)9-14-16-12-4-2-3-5-13(12)21-14/h2-5,11H,6-10H2,1H3/t11-/m1/s1. The maximum Gasteiger partial charge on any atom is 0.223 e. The van der Waals surface area contributed by atoms with Crippen molar-refractivity contribution in [1.29, 1.82) is 0 Å². The average Bonchev–Trinajstić information content (AvgIpc) is 3.00. The van der Waals surface area contributed by atoms with Crippen LogP contribution in [0.4, 0.5) is 0 Å². The molecule has 0 aliphatic carbocycles. The van der Waals surface area contributed by atoms with Gasteiger partial charge in [-0.1, -0.05) is 12.1 Å². The zero-order chi connectivity index (χ0) is 15.7. The van der Waals surface area contributed by atoms with E-state index < -0.39 is 9.84 Å². The first-order valence-corrected chi connectivity index (χ1v) is 9.85. The summed E-state index contributed by atoms with van der Waals surface area (Å²) in [5.74, 6) is 0.317. The minimum absolute atomic E-state index is 0.0126. The fourth-order valence-corrected chi connectivity index (χ4v) is 5.60. The third kappa shape index (κ3) is 3.47. The molecule has 0 radical (unpaired) electrons. The molecule has 1 fully saturated rings. The van der Waals surface area contributed by atoms with E-state index in [1.807, 2.05) is 24.3 Å². The second-order valence-electron chi connectivity index (χ2n) is 5.80. The number of para-hydroxylation sites is 1. The molecule has 0 saturated carbocycles. The van der Waals surface area contributed by atoms with Crippen molar-refractivity contribution in [3.8, 4) is 0 Å². The van der Waals surface area contributed by atoms with Gasteiger partial charge in [-0.25, -0.2) is 13.4 Å².